The lowest BCUT2D eigenvalue weighted by Gasteiger charge is -2.28. The number of benzene rings is 2. The molecule has 2 amide bonds. The Morgan fingerprint density at radius 3 is 2.56 bits per heavy atom. The average molecular weight is 366 g/mol. The van der Waals surface area contributed by atoms with Gasteiger partial charge in [0.15, 0.2) is 0 Å². The minimum Gasteiger partial charge on any atom is -0.465 e. The second-order valence-electron chi connectivity index (χ2n) is 6.65. The van der Waals surface area contributed by atoms with Crippen LogP contribution in [0.25, 0.3) is 10.9 Å². The first-order valence-electron chi connectivity index (χ1n) is 8.73. The fourth-order valence-electron chi connectivity index (χ4n) is 3.08. The summed E-state index contributed by atoms with van der Waals surface area (Å²) < 4.78 is 0. The van der Waals surface area contributed by atoms with Crippen molar-refractivity contribution in [2.24, 2.45) is 0 Å². The summed E-state index contributed by atoms with van der Waals surface area (Å²) in [5, 5.41) is 22.4. The van der Waals surface area contributed by atoms with Crippen molar-refractivity contribution in [1.82, 2.24) is 20.8 Å². The summed E-state index contributed by atoms with van der Waals surface area (Å²) in [5.74, 6) is -0.375. The molecule has 7 heteroatoms. The van der Waals surface area contributed by atoms with Gasteiger partial charge in [-0.3, -0.25) is 9.89 Å². The minimum absolute atomic E-state index is 0.164. The highest BCUT2D eigenvalue weighted by Crippen LogP contribution is 2.20. The van der Waals surface area contributed by atoms with Gasteiger partial charge in [-0.1, -0.05) is 48.5 Å². The van der Waals surface area contributed by atoms with Gasteiger partial charge in [0.25, 0.3) is 0 Å². The maximum atomic E-state index is 12.8. The molecule has 3 rings (SSSR count). The van der Waals surface area contributed by atoms with Gasteiger partial charge >= 0.3 is 6.09 Å². The number of amides is 2. The number of aromatic amines is 1. The molecular weight excluding hydrogens is 344 g/mol. The Hall–Kier alpha value is -3.35. The number of para-hydroxylation sites is 1. The standard InChI is InChI=1S/C20H22N4O3/c1-20(22-19(26)27,13-17-15-9-5-6-10-16(15)23-24-17)18(25)21-12-11-14-7-3-2-4-8-14/h2-10,22H,11-13H2,1H3,(H,21,25)(H,23,24)(H,26,27). The predicted octanol–water partition coefficient (Wildman–Crippen LogP) is 2.49. The molecule has 0 saturated carbocycles. The number of rotatable bonds is 7. The van der Waals surface area contributed by atoms with Crippen LogP contribution >= 0.6 is 0 Å². The van der Waals surface area contributed by atoms with E-state index in [0.717, 1.165) is 16.5 Å². The Labute approximate surface area is 156 Å². The van der Waals surface area contributed by atoms with E-state index in [1.54, 1.807) is 6.92 Å². The normalized spacial score (nSPS) is 13.1. The highest BCUT2D eigenvalue weighted by Gasteiger charge is 2.36. The number of nitrogens with one attached hydrogen (secondary N) is 3. The van der Waals surface area contributed by atoms with Crippen molar-refractivity contribution in [2.75, 3.05) is 6.54 Å². The van der Waals surface area contributed by atoms with Crippen LogP contribution in [0.15, 0.2) is 54.6 Å². The number of fused-ring (bicyclic) bond motifs is 1. The third kappa shape index (κ3) is 4.44. The highest BCUT2D eigenvalue weighted by atomic mass is 16.4. The van der Waals surface area contributed by atoms with Crippen LogP contribution in [0.3, 0.4) is 0 Å². The molecule has 1 aromatic heterocycles. The summed E-state index contributed by atoms with van der Waals surface area (Å²) in [4.78, 5) is 24.1. The Morgan fingerprint density at radius 1 is 1.11 bits per heavy atom. The van der Waals surface area contributed by atoms with E-state index in [4.69, 9.17) is 0 Å². The first-order chi connectivity index (χ1) is 13.0. The van der Waals surface area contributed by atoms with E-state index in [1.165, 1.54) is 0 Å². The lowest BCUT2D eigenvalue weighted by atomic mass is 9.93. The van der Waals surface area contributed by atoms with E-state index in [9.17, 15) is 14.7 Å². The first-order valence-corrected chi connectivity index (χ1v) is 8.73. The van der Waals surface area contributed by atoms with Gasteiger partial charge in [0.05, 0.1) is 5.52 Å². The molecule has 0 aliphatic heterocycles. The van der Waals surface area contributed by atoms with E-state index in [0.29, 0.717) is 18.7 Å². The zero-order valence-corrected chi connectivity index (χ0v) is 15.0. The summed E-state index contributed by atoms with van der Waals surface area (Å²) in [5.41, 5.74) is 1.26. The van der Waals surface area contributed by atoms with Crippen LogP contribution in [0.1, 0.15) is 18.2 Å². The number of hydrogen-bond acceptors (Lipinski definition) is 3. The van der Waals surface area contributed by atoms with E-state index < -0.39 is 11.6 Å². The summed E-state index contributed by atoms with van der Waals surface area (Å²) in [7, 11) is 0. The maximum absolute atomic E-state index is 12.8. The van der Waals surface area contributed by atoms with Crippen molar-refractivity contribution >= 4 is 22.9 Å². The number of hydrogen-bond donors (Lipinski definition) is 4. The Balaban J connectivity index is 1.73. The molecule has 1 heterocycles. The topological polar surface area (TPSA) is 107 Å². The molecule has 0 spiro atoms. The quantitative estimate of drug-likeness (QED) is 0.515. The molecule has 1 atom stereocenters. The van der Waals surface area contributed by atoms with Crippen LogP contribution in [-0.2, 0) is 17.6 Å². The average Bonchev–Trinajstić information content (AvgIpc) is 3.04. The van der Waals surface area contributed by atoms with Gasteiger partial charge in [-0.15, -0.1) is 0 Å². The smallest absolute Gasteiger partial charge is 0.405 e. The van der Waals surface area contributed by atoms with Crippen LogP contribution in [0.2, 0.25) is 0 Å². The number of nitrogens with zero attached hydrogens (tertiary/aromatic N) is 1. The molecule has 140 valence electrons. The number of carbonyl (C=O) groups is 2. The van der Waals surface area contributed by atoms with Gasteiger partial charge in [-0.25, -0.2) is 4.79 Å². The molecule has 2 aromatic carbocycles. The molecule has 3 aromatic rings. The van der Waals surface area contributed by atoms with Crippen molar-refractivity contribution in [3.63, 3.8) is 0 Å². The van der Waals surface area contributed by atoms with Gasteiger partial charge in [0, 0.05) is 24.0 Å². The molecule has 27 heavy (non-hydrogen) atoms. The Morgan fingerprint density at radius 2 is 1.81 bits per heavy atom. The largest absolute Gasteiger partial charge is 0.465 e. The fraction of sp³-hybridized carbons (Fsp3) is 0.250. The second-order valence-corrected chi connectivity index (χ2v) is 6.65. The van der Waals surface area contributed by atoms with Gasteiger partial charge in [0.1, 0.15) is 5.54 Å². The van der Waals surface area contributed by atoms with E-state index in [1.807, 2.05) is 54.6 Å². The Bertz CT molecular complexity index is 939. The second kappa shape index (κ2) is 7.90. The maximum Gasteiger partial charge on any atom is 0.405 e. The molecule has 7 nitrogen and oxygen atoms in total. The van der Waals surface area contributed by atoms with E-state index >= 15 is 0 Å². The first kappa shape index (κ1) is 18.4. The molecule has 0 radical (unpaired) electrons. The molecule has 1 unspecified atom stereocenters. The summed E-state index contributed by atoms with van der Waals surface area (Å²) >= 11 is 0. The van der Waals surface area contributed by atoms with Crippen molar-refractivity contribution < 1.29 is 14.7 Å². The number of H-pyrrole nitrogens is 1. The van der Waals surface area contributed by atoms with Crippen molar-refractivity contribution in [3.05, 3.63) is 65.9 Å². The van der Waals surface area contributed by atoms with Crippen LogP contribution in [-0.4, -0.2) is 39.4 Å². The lowest BCUT2D eigenvalue weighted by molar-refractivity contribution is -0.126. The summed E-state index contributed by atoms with van der Waals surface area (Å²) in [6, 6.07) is 17.3. The third-order valence-corrected chi connectivity index (χ3v) is 4.50. The number of aromatic nitrogens is 2. The van der Waals surface area contributed by atoms with Crippen LogP contribution in [0.5, 0.6) is 0 Å². The highest BCUT2D eigenvalue weighted by molar-refractivity contribution is 5.90. The van der Waals surface area contributed by atoms with E-state index in [-0.39, 0.29) is 12.3 Å². The zero-order chi connectivity index (χ0) is 19.3. The lowest BCUT2D eigenvalue weighted by Crippen LogP contribution is -2.58. The molecule has 0 aliphatic carbocycles. The summed E-state index contributed by atoms with van der Waals surface area (Å²) in [6.07, 6.45) is -0.417. The number of carboxylic acid groups (broad SMARTS) is 1. The SMILES string of the molecule is CC(Cc1[nH]nc2ccccc12)(NC(=O)O)C(=O)NCCc1ccccc1. The molecule has 4 N–H and O–H groups in total. The molecule has 0 fully saturated rings. The van der Waals surface area contributed by atoms with Crippen LogP contribution < -0.4 is 10.6 Å². The molecule has 0 bridgehead atoms. The van der Waals surface area contributed by atoms with Gasteiger partial charge in [-0.05, 0) is 25.0 Å². The molecule has 0 saturated heterocycles. The zero-order valence-electron chi connectivity index (χ0n) is 15.0. The minimum atomic E-state index is -1.32. The Kier molecular flexibility index (Phi) is 5.40. The van der Waals surface area contributed by atoms with Crippen molar-refractivity contribution in [2.45, 2.75) is 25.3 Å². The van der Waals surface area contributed by atoms with Crippen LogP contribution in [0, 0.1) is 0 Å². The molecular formula is C20H22N4O3. The fourth-order valence-corrected chi connectivity index (χ4v) is 3.08. The van der Waals surface area contributed by atoms with Gasteiger partial charge in [0.2, 0.25) is 5.91 Å². The van der Waals surface area contributed by atoms with Crippen LogP contribution in [0.4, 0.5) is 4.79 Å². The predicted molar refractivity (Wildman–Crippen MR) is 103 cm³/mol. The molecule has 0 aliphatic rings. The van der Waals surface area contributed by atoms with Crippen molar-refractivity contribution in [3.8, 4) is 0 Å². The van der Waals surface area contributed by atoms with Gasteiger partial charge in [-0.2, -0.15) is 5.10 Å². The van der Waals surface area contributed by atoms with E-state index in [2.05, 4.69) is 20.8 Å². The number of carbonyl (C=O) groups excluding carboxylic acids is 1. The van der Waals surface area contributed by atoms with Gasteiger partial charge < -0.3 is 15.7 Å². The monoisotopic (exact) mass is 366 g/mol. The summed E-state index contributed by atoms with van der Waals surface area (Å²) in [6.45, 7) is 2.00. The van der Waals surface area contributed by atoms with Crippen molar-refractivity contribution in [1.29, 1.82) is 0 Å². The third-order valence-electron chi connectivity index (χ3n) is 4.50.